The van der Waals surface area contributed by atoms with E-state index in [4.69, 9.17) is 10.5 Å². The van der Waals surface area contributed by atoms with Gasteiger partial charge in [-0.2, -0.15) is 0 Å². The summed E-state index contributed by atoms with van der Waals surface area (Å²) in [7, 11) is 0. The molecule has 1 aromatic carbocycles. The molecule has 0 unspecified atom stereocenters. The minimum Gasteiger partial charge on any atom is -0.444 e. The van der Waals surface area contributed by atoms with Crippen molar-refractivity contribution in [3.63, 3.8) is 0 Å². The Morgan fingerprint density at radius 1 is 1.18 bits per heavy atom. The summed E-state index contributed by atoms with van der Waals surface area (Å²) in [5.74, 6) is 0. The number of hydrogen-bond acceptors (Lipinski definition) is 6. The minimum atomic E-state index is -0.467. The second-order valence-corrected chi connectivity index (χ2v) is 8.53. The average Bonchev–Trinajstić information content (AvgIpc) is 2.64. The summed E-state index contributed by atoms with van der Waals surface area (Å²) < 4.78 is 6.18. The number of pyridine rings is 1. The number of piperazine rings is 1. The van der Waals surface area contributed by atoms with E-state index in [0.717, 1.165) is 34.8 Å². The number of carbonyl (C=O) groups excluding carboxylic acids is 1. The zero-order valence-corrected chi connectivity index (χ0v) is 18.0. The molecule has 1 aliphatic heterocycles. The van der Waals surface area contributed by atoms with Crippen LogP contribution in [0.2, 0.25) is 0 Å². The van der Waals surface area contributed by atoms with Gasteiger partial charge in [0.15, 0.2) is 0 Å². The highest BCUT2D eigenvalue weighted by Crippen LogP contribution is 2.27. The quantitative estimate of drug-likeness (QED) is 0.684. The largest absolute Gasteiger partial charge is 0.444 e. The van der Waals surface area contributed by atoms with Crippen LogP contribution in [-0.4, -0.2) is 47.8 Å². The van der Waals surface area contributed by atoms with E-state index >= 15 is 0 Å². The Morgan fingerprint density at radius 2 is 1.82 bits per heavy atom. The molecule has 1 aliphatic rings. The van der Waals surface area contributed by atoms with Gasteiger partial charge < -0.3 is 25.6 Å². The van der Waals surface area contributed by atoms with Gasteiger partial charge in [0.05, 0.1) is 17.6 Å². The van der Waals surface area contributed by atoms with Gasteiger partial charge in [0, 0.05) is 37.6 Å². The van der Waals surface area contributed by atoms with E-state index < -0.39 is 5.60 Å². The molecule has 0 radical (unpaired) electrons. The van der Waals surface area contributed by atoms with Crippen LogP contribution in [0.3, 0.4) is 0 Å². The molecule has 0 bridgehead atoms. The molecule has 0 saturated carbocycles. The fraction of sp³-hybridized carbons (Fsp3) is 0.400. The van der Waals surface area contributed by atoms with Crippen LogP contribution in [-0.2, 0) is 4.74 Å². The highest BCUT2D eigenvalue weighted by atomic mass is 79.9. The van der Waals surface area contributed by atoms with Crippen molar-refractivity contribution in [1.82, 2.24) is 9.88 Å². The fourth-order valence-electron chi connectivity index (χ4n) is 2.93. The molecule has 1 aromatic heterocycles. The molecule has 1 saturated heterocycles. The Bertz CT molecular complexity index is 827. The average molecular weight is 448 g/mol. The minimum absolute atomic E-state index is 0.243. The molecular formula is C20H26BrN5O2. The molecule has 28 heavy (non-hydrogen) atoms. The number of hydrogen-bond donors (Lipinski definition) is 2. The number of carbonyl (C=O) groups is 1. The van der Waals surface area contributed by atoms with Gasteiger partial charge >= 0.3 is 6.09 Å². The van der Waals surface area contributed by atoms with Crippen molar-refractivity contribution in [1.29, 1.82) is 0 Å². The lowest BCUT2D eigenvalue weighted by Gasteiger charge is -2.36. The standard InChI is InChI=1S/C20H26BrN5O2/c1-20(2,3)28-19(27)26-10-8-25(9-11-26)15-6-4-14(5-7-15)24-17-12-18(21)23-13-16(17)22/h4-7,12-13H,8-11,22H2,1-3H3,(H,23,24). The molecule has 0 aliphatic carbocycles. The van der Waals surface area contributed by atoms with Crippen molar-refractivity contribution in [2.24, 2.45) is 0 Å². The van der Waals surface area contributed by atoms with E-state index in [1.807, 2.05) is 39.0 Å². The molecule has 2 heterocycles. The molecule has 150 valence electrons. The van der Waals surface area contributed by atoms with E-state index in [1.54, 1.807) is 11.1 Å². The SMILES string of the molecule is CC(C)(C)OC(=O)N1CCN(c2ccc(Nc3cc(Br)ncc3N)cc2)CC1. The summed E-state index contributed by atoms with van der Waals surface area (Å²) in [5, 5.41) is 3.30. The second kappa shape index (κ2) is 8.26. The molecule has 8 heteroatoms. The third-order valence-electron chi connectivity index (χ3n) is 4.34. The van der Waals surface area contributed by atoms with Gasteiger partial charge in [-0.25, -0.2) is 9.78 Å². The molecule has 2 aromatic rings. The maximum Gasteiger partial charge on any atom is 0.410 e. The summed E-state index contributed by atoms with van der Waals surface area (Å²) in [6.07, 6.45) is 1.37. The predicted molar refractivity (Wildman–Crippen MR) is 116 cm³/mol. The normalized spacial score (nSPS) is 14.7. The maximum atomic E-state index is 12.2. The van der Waals surface area contributed by atoms with E-state index in [2.05, 4.69) is 43.3 Å². The Kier molecular flexibility index (Phi) is 5.98. The first kappa shape index (κ1) is 20.3. The number of nitrogens with one attached hydrogen (secondary N) is 1. The number of benzene rings is 1. The molecule has 0 spiro atoms. The molecule has 3 N–H and O–H groups in total. The van der Waals surface area contributed by atoms with Gasteiger partial charge in [-0.3, -0.25) is 0 Å². The summed E-state index contributed by atoms with van der Waals surface area (Å²) in [4.78, 5) is 20.3. The lowest BCUT2D eigenvalue weighted by molar-refractivity contribution is 0.0240. The summed E-state index contributed by atoms with van der Waals surface area (Å²) in [6.45, 7) is 8.50. The van der Waals surface area contributed by atoms with Gasteiger partial charge in [0.2, 0.25) is 0 Å². The first-order valence-electron chi connectivity index (χ1n) is 9.22. The van der Waals surface area contributed by atoms with Crippen LogP contribution >= 0.6 is 15.9 Å². The smallest absolute Gasteiger partial charge is 0.410 e. The second-order valence-electron chi connectivity index (χ2n) is 7.72. The van der Waals surface area contributed by atoms with Gasteiger partial charge in [0.1, 0.15) is 10.2 Å². The van der Waals surface area contributed by atoms with Gasteiger partial charge in [-0.1, -0.05) is 0 Å². The Labute approximate surface area is 174 Å². The molecule has 7 nitrogen and oxygen atoms in total. The summed E-state index contributed by atoms with van der Waals surface area (Å²) in [6, 6.07) is 10.0. The van der Waals surface area contributed by atoms with Crippen LogP contribution in [0.4, 0.5) is 27.5 Å². The van der Waals surface area contributed by atoms with Crippen LogP contribution in [0, 0.1) is 0 Å². The number of halogens is 1. The van der Waals surface area contributed by atoms with Gasteiger partial charge in [-0.15, -0.1) is 0 Å². The Balaban J connectivity index is 1.57. The van der Waals surface area contributed by atoms with Crippen LogP contribution in [0.5, 0.6) is 0 Å². The molecule has 1 fully saturated rings. The zero-order chi connectivity index (χ0) is 20.3. The number of rotatable bonds is 3. The number of amides is 1. The van der Waals surface area contributed by atoms with Crippen molar-refractivity contribution in [2.75, 3.05) is 42.1 Å². The Hall–Kier alpha value is -2.48. The van der Waals surface area contributed by atoms with Crippen molar-refractivity contribution in [2.45, 2.75) is 26.4 Å². The van der Waals surface area contributed by atoms with Crippen molar-refractivity contribution >= 4 is 44.8 Å². The molecule has 0 atom stereocenters. The topological polar surface area (TPSA) is 83.7 Å². The van der Waals surface area contributed by atoms with E-state index in [1.165, 1.54) is 0 Å². The highest BCUT2D eigenvalue weighted by Gasteiger charge is 2.25. The van der Waals surface area contributed by atoms with Crippen LogP contribution in [0.1, 0.15) is 20.8 Å². The van der Waals surface area contributed by atoms with E-state index in [-0.39, 0.29) is 6.09 Å². The monoisotopic (exact) mass is 447 g/mol. The third-order valence-corrected chi connectivity index (χ3v) is 4.78. The number of nitrogens with zero attached hydrogens (tertiary/aromatic N) is 3. The Morgan fingerprint density at radius 3 is 2.43 bits per heavy atom. The number of nitrogens with two attached hydrogens (primary N) is 1. The number of aromatic nitrogens is 1. The number of anilines is 4. The lowest BCUT2D eigenvalue weighted by Crippen LogP contribution is -2.50. The van der Waals surface area contributed by atoms with Gasteiger partial charge in [0.25, 0.3) is 0 Å². The molecule has 1 amide bonds. The molecular weight excluding hydrogens is 422 g/mol. The van der Waals surface area contributed by atoms with Crippen molar-refractivity contribution < 1.29 is 9.53 Å². The lowest BCUT2D eigenvalue weighted by atomic mass is 10.2. The highest BCUT2D eigenvalue weighted by molar-refractivity contribution is 9.10. The molecule has 3 rings (SSSR count). The van der Waals surface area contributed by atoms with Crippen LogP contribution in [0.15, 0.2) is 41.1 Å². The van der Waals surface area contributed by atoms with Crippen LogP contribution in [0.25, 0.3) is 0 Å². The van der Waals surface area contributed by atoms with E-state index in [9.17, 15) is 4.79 Å². The summed E-state index contributed by atoms with van der Waals surface area (Å²) in [5.41, 5.74) is 8.96. The van der Waals surface area contributed by atoms with Crippen molar-refractivity contribution in [3.8, 4) is 0 Å². The van der Waals surface area contributed by atoms with Gasteiger partial charge in [-0.05, 0) is 67.0 Å². The summed E-state index contributed by atoms with van der Waals surface area (Å²) >= 11 is 3.35. The first-order chi connectivity index (χ1) is 13.2. The number of ether oxygens (including phenoxy) is 1. The van der Waals surface area contributed by atoms with Crippen molar-refractivity contribution in [3.05, 3.63) is 41.1 Å². The zero-order valence-electron chi connectivity index (χ0n) is 16.4. The maximum absolute atomic E-state index is 12.2. The third kappa shape index (κ3) is 5.28. The fourth-order valence-corrected chi connectivity index (χ4v) is 3.26. The predicted octanol–water partition coefficient (Wildman–Crippen LogP) is 4.23. The van der Waals surface area contributed by atoms with E-state index in [0.29, 0.717) is 18.8 Å². The first-order valence-corrected chi connectivity index (χ1v) is 10.0. The van der Waals surface area contributed by atoms with Crippen LogP contribution < -0.4 is 16.0 Å². The number of nitrogen functional groups attached to an aromatic ring is 1.